The summed E-state index contributed by atoms with van der Waals surface area (Å²) in [5.74, 6) is 0.253. The number of amides is 1. The first-order valence-corrected chi connectivity index (χ1v) is 7.94. The fourth-order valence-electron chi connectivity index (χ4n) is 2.85. The van der Waals surface area contributed by atoms with Crippen molar-refractivity contribution in [1.82, 2.24) is 10.6 Å². The average Bonchev–Trinajstić information content (AvgIpc) is 2.49. The number of rotatable bonds is 4. The SMILES string of the molecule is CC(CC(=O)NC1CNCCC1C)c1ccc(C(F)(F)F)cc1. The molecule has 0 radical (unpaired) electrons. The smallest absolute Gasteiger partial charge is 0.352 e. The Balaban J connectivity index is 1.90. The van der Waals surface area contributed by atoms with Gasteiger partial charge in [0.25, 0.3) is 0 Å². The molecule has 128 valence electrons. The van der Waals surface area contributed by atoms with E-state index in [0.29, 0.717) is 5.92 Å². The lowest BCUT2D eigenvalue weighted by molar-refractivity contribution is -0.137. The minimum atomic E-state index is -4.33. The zero-order valence-electron chi connectivity index (χ0n) is 13.4. The van der Waals surface area contributed by atoms with E-state index >= 15 is 0 Å². The van der Waals surface area contributed by atoms with Gasteiger partial charge in [0.1, 0.15) is 0 Å². The predicted octanol–water partition coefficient (Wildman–Crippen LogP) is 3.31. The summed E-state index contributed by atoms with van der Waals surface area (Å²) in [7, 11) is 0. The molecule has 6 heteroatoms. The highest BCUT2D eigenvalue weighted by Gasteiger charge is 2.30. The molecular formula is C17H23F3N2O. The van der Waals surface area contributed by atoms with Crippen LogP contribution in [0.25, 0.3) is 0 Å². The van der Waals surface area contributed by atoms with Crippen LogP contribution in [0.4, 0.5) is 13.2 Å². The lowest BCUT2D eigenvalue weighted by Gasteiger charge is -2.30. The zero-order valence-corrected chi connectivity index (χ0v) is 13.4. The third-order valence-electron chi connectivity index (χ3n) is 4.47. The molecule has 0 spiro atoms. The fraction of sp³-hybridized carbons (Fsp3) is 0.588. The van der Waals surface area contributed by atoms with Gasteiger partial charge >= 0.3 is 6.18 Å². The van der Waals surface area contributed by atoms with Crippen LogP contribution in [-0.2, 0) is 11.0 Å². The number of nitrogens with one attached hydrogen (secondary N) is 2. The number of hydrogen-bond donors (Lipinski definition) is 2. The average molecular weight is 328 g/mol. The van der Waals surface area contributed by atoms with Gasteiger partial charge in [-0.15, -0.1) is 0 Å². The number of benzene rings is 1. The summed E-state index contributed by atoms with van der Waals surface area (Å²) in [5.41, 5.74) is 0.0722. The van der Waals surface area contributed by atoms with E-state index in [4.69, 9.17) is 0 Å². The third-order valence-corrected chi connectivity index (χ3v) is 4.47. The molecule has 0 aromatic heterocycles. The third kappa shape index (κ3) is 4.96. The van der Waals surface area contributed by atoms with Crippen molar-refractivity contribution < 1.29 is 18.0 Å². The van der Waals surface area contributed by atoms with Gasteiger partial charge in [0.15, 0.2) is 0 Å². The summed E-state index contributed by atoms with van der Waals surface area (Å²) in [6.07, 6.45) is -3.03. The van der Waals surface area contributed by atoms with Gasteiger partial charge in [-0.25, -0.2) is 0 Å². The Morgan fingerprint density at radius 1 is 1.35 bits per heavy atom. The van der Waals surface area contributed by atoms with Crippen molar-refractivity contribution in [2.45, 2.75) is 44.8 Å². The first-order valence-electron chi connectivity index (χ1n) is 7.94. The van der Waals surface area contributed by atoms with E-state index in [-0.39, 0.29) is 24.3 Å². The summed E-state index contributed by atoms with van der Waals surface area (Å²) in [6, 6.07) is 5.15. The summed E-state index contributed by atoms with van der Waals surface area (Å²) < 4.78 is 37.7. The first kappa shape index (κ1) is 17.8. The number of halogens is 3. The van der Waals surface area contributed by atoms with E-state index in [1.807, 2.05) is 6.92 Å². The number of hydrogen-bond acceptors (Lipinski definition) is 2. The molecular weight excluding hydrogens is 305 g/mol. The number of piperidine rings is 1. The maximum Gasteiger partial charge on any atom is 0.416 e. The topological polar surface area (TPSA) is 41.1 Å². The van der Waals surface area contributed by atoms with Crippen LogP contribution >= 0.6 is 0 Å². The van der Waals surface area contributed by atoms with Crippen molar-refractivity contribution in [1.29, 1.82) is 0 Å². The molecule has 2 N–H and O–H groups in total. The van der Waals surface area contributed by atoms with Crippen LogP contribution in [0.2, 0.25) is 0 Å². The molecule has 1 aliphatic heterocycles. The summed E-state index contributed by atoms with van der Waals surface area (Å²) in [5, 5.41) is 6.28. The van der Waals surface area contributed by atoms with Gasteiger partial charge in [-0.1, -0.05) is 26.0 Å². The lowest BCUT2D eigenvalue weighted by Crippen LogP contribution is -2.50. The molecule has 0 bridgehead atoms. The van der Waals surface area contributed by atoms with Crippen molar-refractivity contribution in [3.8, 4) is 0 Å². The Morgan fingerprint density at radius 3 is 2.57 bits per heavy atom. The quantitative estimate of drug-likeness (QED) is 0.890. The monoisotopic (exact) mass is 328 g/mol. The van der Waals surface area contributed by atoms with E-state index in [1.165, 1.54) is 12.1 Å². The van der Waals surface area contributed by atoms with Crippen molar-refractivity contribution in [3.63, 3.8) is 0 Å². The van der Waals surface area contributed by atoms with Gasteiger partial charge in [-0.3, -0.25) is 4.79 Å². The minimum Gasteiger partial charge on any atom is -0.352 e. The van der Waals surface area contributed by atoms with Gasteiger partial charge in [-0.05, 0) is 42.5 Å². The Hall–Kier alpha value is -1.56. The zero-order chi connectivity index (χ0) is 17.0. The highest BCUT2D eigenvalue weighted by molar-refractivity contribution is 5.77. The fourth-order valence-corrected chi connectivity index (χ4v) is 2.85. The molecule has 3 nitrogen and oxygen atoms in total. The van der Waals surface area contributed by atoms with Crippen LogP contribution in [0, 0.1) is 5.92 Å². The lowest BCUT2D eigenvalue weighted by atomic mass is 9.93. The minimum absolute atomic E-state index is 0.0575. The van der Waals surface area contributed by atoms with Gasteiger partial charge in [0.05, 0.1) is 5.56 Å². The van der Waals surface area contributed by atoms with Crippen molar-refractivity contribution in [2.75, 3.05) is 13.1 Å². The molecule has 1 heterocycles. The summed E-state index contributed by atoms with van der Waals surface area (Å²) >= 11 is 0. The van der Waals surface area contributed by atoms with E-state index < -0.39 is 11.7 Å². The van der Waals surface area contributed by atoms with E-state index in [1.54, 1.807) is 0 Å². The second-order valence-corrected chi connectivity index (χ2v) is 6.37. The highest BCUT2D eigenvalue weighted by Crippen LogP contribution is 2.30. The molecule has 23 heavy (non-hydrogen) atoms. The summed E-state index contributed by atoms with van der Waals surface area (Å²) in [6.45, 7) is 5.70. The Bertz CT molecular complexity index is 528. The second kappa shape index (κ2) is 7.34. The van der Waals surface area contributed by atoms with Crippen molar-refractivity contribution >= 4 is 5.91 Å². The molecule has 3 atom stereocenters. The highest BCUT2D eigenvalue weighted by atomic mass is 19.4. The Labute approximate surface area is 134 Å². The molecule has 0 aliphatic carbocycles. The van der Waals surface area contributed by atoms with Crippen molar-refractivity contribution in [2.24, 2.45) is 5.92 Å². The standard InChI is InChI=1S/C17H23F3N2O/c1-11-7-8-21-10-15(11)22-16(23)9-12(2)13-3-5-14(6-4-13)17(18,19)20/h3-6,11-12,15,21H,7-10H2,1-2H3,(H,22,23). The van der Waals surface area contributed by atoms with Crippen LogP contribution < -0.4 is 10.6 Å². The molecule has 1 amide bonds. The maximum atomic E-state index is 12.6. The van der Waals surface area contributed by atoms with Crippen molar-refractivity contribution in [3.05, 3.63) is 35.4 Å². The van der Waals surface area contributed by atoms with Gasteiger partial charge in [0.2, 0.25) is 5.91 Å². The molecule has 0 saturated carbocycles. The molecule has 1 aromatic carbocycles. The molecule has 1 fully saturated rings. The van der Waals surface area contributed by atoms with Crippen LogP contribution in [0.5, 0.6) is 0 Å². The van der Waals surface area contributed by atoms with Gasteiger partial charge in [-0.2, -0.15) is 13.2 Å². The maximum absolute atomic E-state index is 12.6. The van der Waals surface area contributed by atoms with Crippen LogP contribution in [-0.4, -0.2) is 25.0 Å². The molecule has 3 unspecified atom stereocenters. The number of carbonyl (C=O) groups excluding carboxylic acids is 1. The van der Waals surface area contributed by atoms with E-state index in [0.717, 1.165) is 37.2 Å². The van der Waals surface area contributed by atoms with E-state index in [9.17, 15) is 18.0 Å². The normalized spacial score (nSPS) is 23.3. The predicted molar refractivity (Wildman–Crippen MR) is 83.1 cm³/mol. The molecule has 1 saturated heterocycles. The number of alkyl halides is 3. The Morgan fingerprint density at radius 2 is 2.00 bits per heavy atom. The van der Waals surface area contributed by atoms with Gasteiger partial charge in [0, 0.05) is 19.0 Å². The summed E-state index contributed by atoms with van der Waals surface area (Å²) in [4.78, 5) is 12.1. The van der Waals surface area contributed by atoms with Crippen LogP contribution in [0.15, 0.2) is 24.3 Å². The van der Waals surface area contributed by atoms with Gasteiger partial charge < -0.3 is 10.6 Å². The second-order valence-electron chi connectivity index (χ2n) is 6.37. The molecule has 2 rings (SSSR count). The van der Waals surface area contributed by atoms with Crippen LogP contribution in [0.3, 0.4) is 0 Å². The first-order chi connectivity index (χ1) is 10.8. The largest absolute Gasteiger partial charge is 0.416 e. The Kier molecular flexibility index (Phi) is 5.68. The molecule has 1 aromatic rings. The van der Waals surface area contributed by atoms with E-state index in [2.05, 4.69) is 17.6 Å². The number of carbonyl (C=O) groups is 1. The molecule has 1 aliphatic rings. The van der Waals surface area contributed by atoms with Crippen LogP contribution in [0.1, 0.15) is 43.7 Å².